The SMILES string of the molecule is NC(=O)C(=O)Nc1nncs1. The molecule has 1 heterocycles. The third kappa shape index (κ3) is 1.97. The Morgan fingerprint density at radius 3 is 2.82 bits per heavy atom. The summed E-state index contributed by atoms with van der Waals surface area (Å²) in [6.45, 7) is 0. The highest BCUT2D eigenvalue weighted by atomic mass is 32.1. The van der Waals surface area contributed by atoms with E-state index >= 15 is 0 Å². The zero-order valence-electron chi connectivity index (χ0n) is 5.27. The number of nitrogens with zero attached hydrogens (tertiary/aromatic N) is 2. The number of carbonyl (C=O) groups excluding carboxylic acids is 2. The van der Waals surface area contributed by atoms with E-state index in [1.807, 2.05) is 0 Å². The number of primary amides is 1. The van der Waals surface area contributed by atoms with Gasteiger partial charge in [-0.3, -0.25) is 14.9 Å². The van der Waals surface area contributed by atoms with Gasteiger partial charge >= 0.3 is 11.8 Å². The minimum Gasteiger partial charge on any atom is -0.361 e. The van der Waals surface area contributed by atoms with Crippen LogP contribution >= 0.6 is 11.3 Å². The van der Waals surface area contributed by atoms with Crippen molar-refractivity contribution in [3.05, 3.63) is 5.51 Å². The molecule has 7 heteroatoms. The molecule has 1 aromatic rings. The first-order valence-corrected chi connectivity index (χ1v) is 3.45. The first-order valence-electron chi connectivity index (χ1n) is 2.57. The van der Waals surface area contributed by atoms with Gasteiger partial charge in [0, 0.05) is 0 Å². The Kier molecular flexibility index (Phi) is 2.12. The van der Waals surface area contributed by atoms with E-state index in [-0.39, 0.29) is 5.13 Å². The first-order chi connectivity index (χ1) is 5.20. The third-order valence-electron chi connectivity index (χ3n) is 0.804. The average molecular weight is 172 g/mol. The van der Waals surface area contributed by atoms with Crippen molar-refractivity contribution in [2.24, 2.45) is 5.73 Å². The van der Waals surface area contributed by atoms with E-state index in [2.05, 4.69) is 21.2 Å². The van der Waals surface area contributed by atoms with Crippen LogP contribution in [-0.2, 0) is 9.59 Å². The molecule has 0 spiro atoms. The highest BCUT2D eigenvalue weighted by molar-refractivity contribution is 7.13. The number of carbonyl (C=O) groups is 2. The fraction of sp³-hybridized carbons (Fsp3) is 0. The second kappa shape index (κ2) is 3.06. The van der Waals surface area contributed by atoms with E-state index in [9.17, 15) is 9.59 Å². The molecular formula is C4H4N4O2S. The van der Waals surface area contributed by atoms with Crippen LogP contribution in [0.5, 0.6) is 0 Å². The topological polar surface area (TPSA) is 98.0 Å². The zero-order chi connectivity index (χ0) is 8.27. The predicted molar refractivity (Wildman–Crippen MR) is 37.7 cm³/mol. The van der Waals surface area contributed by atoms with Crippen molar-refractivity contribution >= 4 is 28.3 Å². The lowest BCUT2D eigenvalue weighted by atomic mass is 10.6. The minimum atomic E-state index is -1.04. The highest BCUT2D eigenvalue weighted by Gasteiger charge is 2.09. The molecule has 1 aromatic heterocycles. The van der Waals surface area contributed by atoms with E-state index in [4.69, 9.17) is 0 Å². The molecule has 11 heavy (non-hydrogen) atoms. The van der Waals surface area contributed by atoms with Gasteiger partial charge in [0.2, 0.25) is 5.13 Å². The molecule has 2 amide bonds. The van der Waals surface area contributed by atoms with Crippen LogP contribution < -0.4 is 11.1 Å². The van der Waals surface area contributed by atoms with Gasteiger partial charge in [-0.25, -0.2) is 0 Å². The molecule has 6 nitrogen and oxygen atoms in total. The lowest BCUT2D eigenvalue weighted by Gasteiger charge is -1.92. The Morgan fingerprint density at radius 1 is 1.64 bits per heavy atom. The Balaban J connectivity index is 2.57. The summed E-state index contributed by atoms with van der Waals surface area (Å²) in [6.07, 6.45) is 0. The summed E-state index contributed by atoms with van der Waals surface area (Å²) < 4.78 is 0. The zero-order valence-corrected chi connectivity index (χ0v) is 6.09. The summed E-state index contributed by atoms with van der Waals surface area (Å²) in [5.74, 6) is -1.93. The van der Waals surface area contributed by atoms with Crippen LogP contribution in [0.4, 0.5) is 5.13 Å². The maximum Gasteiger partial charge on any atom is 0.315 e. The van der Waals surface area contributed by atoms with E-state index in [1.54, 1.807) is 0 Å². The van der Waals surface area contributed by atoms with Crippen molar-refractivity contribution < 1.29 is 9.59 Å². The van der Waals surface area contributed by atoms with Gasteiger partial charge in [0.05, 0.1) is 0 Å². The molecule has 0 radical (unpaired) electrons. The summed E-state index contributed by atoms with van der Waals surface area (Å²) in [6, 6.07) is 0. The molecule has 3 N–H and O–H groups in total. The minimum absolute atomic E-state index is 0.258. The van der Waals surface area contributed by atoms with E-state index < -0.39 is 11.8 Å². The van der Waals surface area contributed by atoms with Crippen molar-refractivity contribution in [1.29, 1.82) is 0 Å². The molecule has 0 aliphatic rings. The van der Waals surface area contributed by atoms with Gasteiger partial charge in [-0.15, -0.1) is 10.2 Å². The molecule has 0 aliphatic heterocycles. The maximum absolute atomic E-state index is 10.6. The highest BCUT2D eigenvalue weighted by Crippen LogP contribution is 2.06. The van der Waals surface area contributed by atoms with Crippen LogP contribution in [0, 0.1) is 0 Å². The van der Waals surface area contributed by atoms with Crippen LogP contribution in [0.1, 0.15) is 0 Å². The Bertz CT molecular complexity index is 270. The normalized spacial score (nSPS) is 9.09. The molecule has 0 saturated carbocycles. The predicted octanol–water partition coefficient (Wildman–Crippen LogP) is -1.04. The molecule has 58 valence electrons. The van der Waals surface area contributed by atoms with Gasteiger partial charge in [0.25, 0.3) is 0 Å². The standard InChI is InChI=1S/C4H4N4O2S/c5-2(9)3(10)7-4-8-6-1-11-4/h1H,(H2,5,9)(H,7,8,10). The Morgan fingerprint density at radius 2 is 2.36 bits per heavy atom. The fourth-order valence-corrected chi connectivity index (χ4v) is 0.826. The lowest BCUT2D eigenvalue weighted by molar-refractivity contribution is -0.134. The van der Waals surface area contributed by atoms with Gasteiger partial charge in [-0.05, 0) is 0 Å². The third-order valence-corrected chi connectivity index (χ3v) is 1.41. The van der Waals surface area contributed by atoms with Crippen LogP contribution in [0.2, 0.25) is 0 Å². The number of rotatable bonds is 1. The van der Waals surface area contributed by atoms with Crippen molar-refractivity contribution in [3.63, 3.8) is 0 Å². The monoisotopic (exact) mass is 172 g/mol. The molecule has 1 rings (SSSR count). The van der Waals surface area contributed by atoms with Crippen LogP contribution in [0.25, 0.3) is 0 Å². The summed E-state index contributed by atoms with van der Waals surface area (Å²) in [5, 5.41) is 9.31. The number of hydrogen-bond donors (Lipinski definition) is 2. The van der Waals surface area contributed by atoms with Crippen molar-refractivity contribution in [2.45, 2.75) is 0 Å². The largest absolute Gasteiger partial charge is 0.361 e. The number of anilines is 1. The smallest absolute Gasteiger partial charge is 0.315 e. The molecule has 0 fully saturated rings. The van der Waals surface area contributed by atoms with Crippen molar-refractivity contribution in [2.75, 3.05) is 5.32 Å². The quantitative estimate of drug-likeness (QED) is 0.529. The van der Waals surface area contributed by atoms with E-state index in [0.29, 0.717) is 0 Å². The lowest BCUT2D eigenvalue weighted by Crippen LogP contribution is -2.29. The Labute approximate surface area is 65.4 Å². The van der Waals surface area contributed by atoms with E-state index in [0.717, 1.165) is 11.3 Å². The molecule has 0 unspecified atom stereocenters. The fourth-order valence-electron chi connectivity index (χ4n) is 0.386. The van der Waals surface area contributed by atoms with Crippen molar-refractivity contribution in [3.8, 4) is 0 Å². The molecule has 0 saturated heterocycles. The number of nitrogens with one attached hydrogen (secondary N) is 1. The number of aromatic nitrogens is 2. The second-order valence-electron chi connectivity index (χ2n) is 1.56. The van der Waals surface area contributed by atoms with Crippen LogP contribution in [0.15, 0.2) is 5.51 Å². The molecule has 0 bridgehead atoms. The molecular weight excluding hydrogens is 168 g/mol. The summed E-state index contributed by atoms with van der Waals surface area (Å²) in [4.78, 5) is 20.8. The van der Waals surface area contributed by atoms with Gasteiger partial charge in [-0.2, -0.15) is 0 Å². The van der Waals surface area contributed by atoms with Gasteiger partial charge in [-0.1, -0.05) is 11.3 Å². The first kappa shape index (κ1) is 7.61. The number of hydrogen-bond acceptors (Lipinski definition) is 5. The number of amides is 2. The van der Waals surface area contributed by atoms with Gasteiger partial charge in [0.15, 0.2) is 0 Å². The summed E-state index contributed by atoms with van der Waals surface area (Å²) >= 11 is 1.11. The van der Waals surface area contributed by atoms with Gasteiger partial charge in [0.1, 0.15) is 5.51 Å². The summed E-state index contributed by atoms with van der Waals surface area (Å²) in [5.41, 5.74) is 6.09. The second-order valence-corrected chi connectivity index (χ2v) is 2.40. The average Bonchev–Trinajstić information content (AvgIpc) is 2.39. The maximum atomic E-state index is 10.6. The Hall–Kier alpha value is -1.50. The van der Waals surface area contributed by atoms with E-state index in [1.165, 1.54) is 5.51 Å². The molecule has 0 aliphatic carbocycles. The van der Waals surface area contributed by atoms with Gasteiger partial charge < -0.3 is 5.73 Å². The van der Waals surface area contributed by atoms with Crippen molar-refractivity contribution in [1.82, 2.24) is 10.2 Å². The summed E-state index contributed by atoms with van der Waals surface area (Å²) in [7, 11) is 0. The van der Waals surface area contributed by atoms with Crippen LogP contribution in [0.3, 0.4) is 0 Å². The van der Waals surface area contributed by atoms with Crippen LogP contribution in [-0.4, -0.2) is 22.0 Å². The number of nitrogens with two attached hydrogens (primary N) is 1. The molecule has 0 aromatic carbocycles. The molecule has 0 atom stereocenters.